The number of hydrogen-bond donors (Lipinski definition) is 0. The Kier molecular flexibility index (Phi) is 5.80. The molecule has 1 amide bonds. The highest BCUT2D eigenvalue weighted by Crippen LogP contribution is 2.42. The number of rotatable bonds is 5. The first-order valence-electron chi connectivity index (χ1n) is 12.1. The number of aryl methyl sites for hydroxylation is 3. The molecule has 0 unspecified atom stereocenters. The van der Waals surface area contributed by atoms with Gasteiger partial charge in [0.15, 0.2) is 11.2 Å². The van der Waals surface area contributed by atoms with Crippen molar-refractivity contribution in [2.45, 2.75) is 33.4 Å². The van der Waals surface area contributed by atoms with Crippen molar-refractivity contribution in [1.29, 1.82) is 0 Å². The SMILES string of the molecule is Cc1cc(N2C(=O)c3oc4cc(C)c(C)cc4c(=O)c3[C@H]2c2cccc(OCc3ccccc3Cl)c2)no1. The van der Waals surface area contributed by atoms with Gasteiger partial charge >= 0.3 is 0 Å². The molecule has 0 bridgehead atoms. The molecule has 6 rings (SSSR count). The minimum Gasteiger partial charge on any atom is -0.489 e. The van der Waals surface area contributed by atoms with Gasteiger partial charge in [-0.15, -0.1) is 0 Å². The fourth-order valence-electron chi connectivity index (χ4n) is 4.80. The topological polar surface area (TPSA) is 85.8 Å². The largest absolute Gasteiger partial charge is 0.489 e. The van der Waals surface area contributed by atoms with E-state index in [9.17, 15) is 9.59 Å². The van der Waals surface area contributed by atoms with Gasteiger partial charge in [-0.25, -0.2) is 0 Å². The number of carbonyl (C=O) groups is 1. The molecule has 2 aromatic heterocycles. The fraction of sp³-hybridized carbons (Fsp3) is 0.167. The zero-order valence-corrected chi connectivity index (χ0v) is 21.7. The summed E-state index contributed by atoms with van der Waals surface area (Å²) in [6.07, 6.45) is 0. The number of nitrogens with zero attached hydrogens (tertiary/aromatic N) is 2. The maximum Gasteiger partial charge on any atom is 0.296 e. The molecule has 0 saturated carbocycles. The lowest BCUT2D eigenvalue weighted by Gasteiger charge is -2.23. The number of fused-ring (bicyclic) bond motifs is 2. The number of halogens is 1. The monoisotopic (exact) mass is 526 g/mol. The van der Waals surface area contributed by atoms with Crippen molar-refractivity contribution in [2.75, 3.05) is 4.90 Å². The van der Waals surface area contributed by atoms with E-state index in [1.54, 1.807) is 19.1 Å². The Morgan fingerprint density at radius 2 is 1.76 bits per heavy atom. The minimum atomic E-state index is -0.784. The van der Waals surface area contributed by atoms with Gasteiger partial charge in [0.1, 0.15) is 23.7 Å². The number of benzene rings is 3. The van der Waals surface area contributed by atoms with Crippen molar-refractivity contribution in [3.8, 4) is 5.75 Å². The van der Waals surface area contributed by atoms with Gasteiger partial charge in [0.25, 0.3) is 5.91 Å². The van der Waals surface area contributed by atoms with Crippen molar-refractivity contribution in [1.82, 2.24) is 5.16 Å². The average Bonchev–Trinajstić information content (AvgIpc) is 3.45. The van der Waals surface area contributed by atoms with Gasteiger partial charge in [-0.1, -0.05) is 47.1 Å². The normalized spacial score (nSPS) is 14.8. The van der Waals surface area contributed by atoms with E-state index in [0.717, 1.165) is 16.7 Å². The van der Waals surface area contributed by atoms with E-state index in [-0.39, 0.29) is 23.4 Å². The second-order valence-electron chi connectivity index (χ2n) is 9.43. The Labute approximate surface area is 223 Å². The molecule has 1 aliphatic rings. The van der Waals surface area contributed by atoms with Crippen LogP contribution in [0.5, 0.6) is 5.75 Å². The minimum absolute atomic E-state index is 0.00112. The van der Waals surface area contributed by atoms with Crippen LogP contribution in [0.1, 0.15) is 50.2 Å². The van der Waals surface area contributed by atoms with Crippen LogP contribution in [-0.2, 0) is 6.61 Å². The number of anilines is 1. The van der Waals surface area contributed by atoms with Gasteiger partial charge in [0.05, 0.1) is 17.0 Å². The van der Waals surface area contributed by atoms with Crippen LogP contribution in [0, 0.1) is 20.8 Å². The number of ether oxygens (including phenoxy) is 1. The lowest BCUT2D eigenvalue weighted by atomic mass is 9.97. The molecule has 0 aliphatic carbocycles. The summed E-state index contributed by atoms with van der Waals surface area (Å²) in [6.45, 7) is 5.88. The molecule has 8 heteroatoms. The molecule has 38 heavy (non-hydrogen) atoms. The highest BCUT2D eigenvalue weighted by Gasteiger charge is 2.45. The Morgan fingerprint density at radius 3 is 2.53 bits per heavy atom. The van der Waals surface area contributed by atoms with Gasteiger partial charge < -0.3 is 13.7 Å². The zero-order valence-electron chi connectivity index (χ0n) is 20.9. The Morgan fingerprint density at radius 1 is 0.974 bits per heavy atom. The molecule has 0 N–H and O–H groups in total. The molecule has 0 fully saturated rings. The van der Waals surface area contributed by atoms with Crippen LogP contribution >= 0.6 is 11.6 Å². The molecule has 1 aliphatic heterocycles. The fourth-order valence-corrected chi connectivity index (χ4v) is 4.99. The van der Waals surface area contributed by atoms with Crippen LogP contribution in [0.25, 0.3) is 11.0 Å². The molecule has 3 heterocycles. The molecule has 3 aromatic carbocycles. The molecule has 7 nitrogen and oxygen atoms in total. The average molecular weight is 527 g/mol. The van der Waals surface area contributed by atoms with E-state index in [0.29, 0.717) is 38.9 Å². The second kappa shape index (κ2) is 9.19. The third-order valence-corrected chi connectivity index (χ3v) is 7.24. The van der Waals surface area contributed by atoms with E-state index in [1.165, 1.54) is 4.90 Å². The zero-order chi connectivity index (χ0) is 26.6. The van der Waals surface area contributed by atoms with Gasteiger partial charge in [-0.05, 0) is 67.8 Å². The van der Waals surface area contributed by atoms with E-state index >= 15 is 0 Å². The number of hydrogen-bond acceptors (Lipinski definition) is 6. The van der Waals surface area contributed by atoms with Crippen molar-refractivity contribution in [3.63, 3.8) is 0 Å². The van der Waals surface area contributed by atoms with Crippen LogP contribution < -0.4 is 15.1 Å². The smallest absolute Gasteiger partial charge is 0.296 e. The predicted octanol–water partition coefficient (Wildman–Crippen LogP) is 6.69. The standard InChI is InChI=1S/C30H23ClN2O5/c1-16-11-22-24(12-17(16)2)37-29-26(28(22)34)27(33(30(29)35)25-13-18(3)38-32-25)19-8-6-9-21(14-19)36-15-20-7-4-5-10-23(20)31/h4-14,27H,15H2,1-3H3/t27-/m1/s1. The van der Waals surface area contributed by atoms with E-state index < -0.39 is 11.9 Å². The summed E-state index contributed by atoms with van der Waals surface area (Å²) in [5.74, 6) is 0.935. The summed E-state index contributed by atoms with van der Waals surface area (Å²) < 4.78 is 17.4. The summed E-state index contributed by atoms with van der Waals surface area (Å²) in [5.41, 5.74) is 3.82. The van der Waals surface area contributed by atoms with Crippen LogP contribution in [0.15, 0.2) is 80.5 Å². The lowest BCUT2D eigenvalue weighted by Crippen LogP contribution is -2.29. The first-order chi connectivity index (χ1) is 18.3. The molecule has 0 radical (unpaired) electrons. The van der Waals surface area contributed by atoms with Crippen molar-refractivity contribution >= 4 is 34.3 Å². The lowest BCUT2D eigenvalue weighted by molar-refractivity contribution is 0.0969. The van der Waals surface area contributed by atoms with Gasteiger partial charge in [0, 0.05) is 16.7 Å². The third kappa shape index (κ3) is 3.96. The highest BCUT2D eigenvalue weighted by atomic mass is 35.5. The van der Waals surface area contributed by atoms with Crippen LogP contribution in [0.4, 0.5) is 5.82 Å². The van der Waals surface area contributed by atoms with Gasteiger partial charge in [0.2, 0.25) is 5.76 Å². The van der Waals surface area contributed by atoms with Crippen molar-refractivity contribution in [2.24, 2.45) is 0 Å². The predicted molar refractivity (Wildman–Crippen MR) is 144 cm³/mol. The first kappa shape index (κ1) is 24.0. The van der Waals surface area contributed by atoms with Crippen LogP contribution in [0.2, 0.25) is 5.02 Å². The third-order valence-electron chi connectivity index (χ3n) is 6.87. The van der Waals surface area contributed by atoms with E-state index in [4.69, 9.17) is 25.3 Å². The highest BCUT2D eigenvalue weighted by molar-refractivity contribution is 6.31. The van der Waals surface area contributed by atoms with Gasteiger partial charge in [-0.2, -0.15) is 0 Å². The maximum atomic E-state index is 13.9. The number of carbonyl (C=O) groups excluding carboxylic acids is 1. The molecular weight excluding hydrogens is 504 g/mol. The second-order valence-corrected chi connectivity index (χ2v) is 9.84. The Bertz CT molecular complexity index is 1790. The van der Waals surface area contributed by atoms with Crippen molar-refractivity contribution < 1.29 is 18.5 Å². The molecule has 5 aromatic rings. The molecule has 1 atom stereocenters. The Hall–Kier alpha value is -4.36. The molecular formula is C30H23ClN2O5. The van der Waals surface area contributed by atoms with Gasteiger partial charge in [-0.3, -0.25) is 14.5 Å². The maximum absolute atomic E-state index is 13.9. The first-order valence-corrected chi connectivity index (χ1v) is 12.5. The van der Waals surface area contributed by atoms with E-state index in [1.807, 2.05) is 68.4 Å². The van der Waals surface area contributed by atoms with Crippen LogP contribution in [0.3, 0.4) is 0 Å². The van der Waals surface area contributed by atoms with Crippen LogP contribution in [-0.4, -0.2) is 11.1 Å². The Balaban J connectivity index is 1.49. The summed E-state index contributed by atoms with van der Waals surface area (Å²) in [5, 5.41) is 5.12. The number of amides is 1. The summed E-state index contributed by atoms with van der Waals surface area (Å²) in [6, 6.07) is 19.2. The molecule has 0 saturated heterocycles. The van der Waals surface area contributed by atoms with E-state index in [2.05, 4.69) is 5.16 Å². The molecule has 190 valence electrons. The number of aromatic nitrogens is 1. The summed E-state index contributed by atoms with van der Waals surface area (Å²) >= 11 is 6.29. The summed E-state index contributed by atoms with van der Waals surface area (Å²) in [7, 11) is 0. The quantitative estimate of drug-likeness (QED) is 0.253. The summed E-state index contributed by atoms with van der Waals surface area (Å²) in [4.78, 5) is 29.1. The molecule has 0 spiro atoms. The van der Waals surface area contributed by atoms with Crippen molar-refractivity contribution in [3.05, 3.63) is 121 Å².